The molecule has 0 atom stereocenters. The minimum absolute atomic E-state index is 0.0909. The third kappa shape index (κ3) is 1.62. The molecular weight excluding hydrogens is 216 g/mol. The Morgan fingerprint density at radius 1 is 1.41 bits per heavy atom. The van der Waals surface area contributed by atoms with Crippen molar-refractivity contribution in [3.63, 3.8) is 0 Å². The number of benzene rings is 1. The number of carbonyl (C=O) groups is 1. The van der Waals surface area contributed by atoms with Gasteiger partial charge in [0.25, 0.3) is 5.91 Å². The van der Waals surface area contributed by atoms with Crippen LogP contribution in [0.4, 0.5) is 5.69 Å². The van der Waals surface area contributed by atoms with Crippen molar-refractivity contribution in [3.8, 4) is 0 Å². The highest BCUT2D eigenvalue weighted by atomic mass is 16.5. The number of amides is 1. The fraction of sp³-hybridized carbons (Fsp3) is 0.231. The SMILES string of the molecule is Cc1cc(C(=O)N2CCc3ccccc32)no1. The minimum atomic E-state index is -0.0909. The summed E-state index contributed by atoms with van der Waals surface area (Å²) in [7, 11) is 0. The van der Waals surface area contributed by atoms with Crippen molar-refractivity contribution in [1.29, 1.82) is 0 Å². The molecule has 0 aliphatic carbocycles. The molecule has 0 saturated heterocycles. The quantitative estimate of drug-likeness (QED) is 0.751. The smallest absolute Gasteiger partial charge is 0.280 e. The first-order chi connectivity index (χ1) is 8.25. The molecule has 0 radical (unpaired) electrons. The van der Waals surface area contributed by atoms with E-state index in [0.717, 1.165) is 12.1 Å². The summed E-state index contributed by atoms with van der Waals surface area (Å²) in [5.74, 6) is 0.563. The molecule has 4 heteroatoms. The number of fused-ring (bicyclic) bond motifs is 1. The van der Waals surface area contributed by atoms with Crippen molar-refractivity contribution < 1.29 is 9.32 Å². The number of anilines is 1. The van der Waals surface area contributed by atoms with Crippen molar-refractivity contribution >= 4 is 11.6 Å². The summed E-state index contributed by atoms with van der Waals surface area (Å²) in [6, 6.07) is 9.62. The van der Waals surface area contributed by atoms with Crippen molar-refractivity contribution in [1.82, 2.24) is 5.16 Å². The van der Waals surface area contributed by atoms with Crippen molar-refractivity contribution in [3.05, 3.63) is 47.3 Å². The zero-order valence-corrected chi connectivity index (χ0v) is 9.51. The van der Waals surface area contributed by atoms with E-state index in [2.05, 4.69) is 11.2 Å². The molecule has 0 N–H and O–H groups in total. The van der Waals surface area contributed by atoms with E-state index in [9.17, 15) is 4.79 Å². The van der Waals surface area contributed by atoms with Gasteiger partial charge >= 0.3 is 0 Å². The lowest BCUT2D eigenvalue weighted by Crippen LogP contribution is -2.29. The van der Waals surface area contributed by atoms with Crippen LogP contribution in [0.3, 0.4) is 0 Å². The minimum Gasteiger partial charge on any atom is -0.361 e. The van der Waals surface area contributed by atoms with Crippen molar-refractivity contribution in [2.24, 2.45) is 0 Å². The first-order valence-electron chi connectivity index (χ1n) is 5.59. The van der Waals surface area contributed by atoms with E-state index in [0.29, 0.717) is 18.0 Å². The van der Waals surface area contributed by atoms with Crippen LogP contribution < -0.4 is 4.90 Å². The number of carbonyl (C=O) groups excluding carboxylic acids is 1. The second-order valence-corrected chi connectivity index (χ2v) is 4.16. The molecule has 1 aliphatic rings. The standard InChI is InChI=1S/C13H12N2O2/c1-9-8-11(14-17-9)13(16)15-7-6-10-4-2-3-5-12(10)15/h2-5,8H,6-7H2,1H3. The lowest BCUT2D eigenvalue weighted by atomic mass is 10.2. The zero-order valence-electron chi connectivity index (χ0n) is 9.51. The maximum atomic E-state index is 12.2. The van der Waals surface area contributed by atoms with Crippen molar-refractivity contribution in [2.45, 2.75) is 13.3 Å². The summed E-state index contributed by atoms with van der Waals surface area (Å²) in [6.07, 6.45) is 0.902. The first-order valence-corrected chi connectivity index (χ1v) is 5.59. The summed E-state index contributed by atoms with van der Waals surface area (Å²) >= 11 is 0. The molecule has 0 fully saturated rings. The lowest BCUT2D eigenvalue weighted by Gasteiger charge is -2.15. The summed E-state index contributed by atoms with van der Waals surface area (Å²) in [5, 5.41) is 3.77. The van der Waals surface area contributed by atoms with Gasteiger partial charge in [0, 0.05) is 18.3 Å². The maximum Gasteiger partial charge on any atom is 0.280 e. The molecule has 0 spiro atoms. The van der Waals surface area contributed by atoms with Gasteiger partial charge in [0.2, 0.25) is 0 Å². The van der Waals surface area contributed by atoms with Gasteiger partial charge in [-0.2, -0.15) is 0 Å². The highest BCUT2D eigenvalue weighted by Gasteiger charge is 2.26. The van der Waals surface area contributed by atoms with Crippen LogP contribution in [0.2, 0.25) is 0 Å². The van der Waals surface area contributed by atoms with Gasteiger partial charge in [0.15, 0.2) is 5.69 Å². The Kier molecular flexibility index (Phi) is 2.21. The molecule has 4 nitrogen and oxygen atoms in total. The molecule has 1 aromatic carbocycles. The molecule has 0 unspecified atom stereocenters. The maximum absolute atomic E-state index is 12.2. The summed E-state index contributed by atoms with van der Waals surface area (Å²) in [6.45, 7) is 2.49. The van der Waals surface area contributed by atoms with Gasteiger partial charge in [-0.15, -0.1) is 0 Å². The third-order valence-electron chi connectivity index (χ3n) is 2.98. The Labute approximate surface area is 98.8 Å². The molecule has 0 bridgehead atoms. The van der Waals surface area contributed by atoms with Gasteiger partial charge in [-0.3, -0.25) is 4.79 Å². The Hall–Kier alpha value is -2.10. The normalized spacial score (nSPS) is 13.8. The molecule has 2 aromatic rings. The Balaban J connectivity index is 1.95. The van der Waals surface area contributed by atoms with E-state index < -0.39 is 0 Å². The average molecular weight is 228 g/mol. The van der Waals surface area contributed by atoms with E-state index in [1.807, 2.05) is 18.2 Å². The van der Waals surface area contributed by atoms with E-state index in [1.165, 1.54) is 5.56 Å². The monoisotopic (exact) mass is 228 g/mol. The van der Waals surface area contributed by atoms with Gasteiger partial charge in [-0.25, -0.2) is 0 Å². The topological polar surface area (TPSA) is 46.3 Å². The van der Waals surface area contributed by atoms with Crippen LogP contribution in [0.5, 0.6) is 0 Å². The van der Waals surface area contributed by atoms with Crippen molar-refractivity contribution in [2.75, 3.05) is 11.4 Å². The third-order valence-corrected chi connectivity index (χ3v) is 2.98. The fourth-order valence-electron chi connectivity index (χ4n) is 2.15. The molecule has 1 aromatic heterocycles. The molecule has 3 rings (SSSR count). The number of para-hydroxylation sites is 1. The predicted octanol–water partition coefficient (Wildman–Crippen LogP) is 2.19. The molecule has 86 valence electrons. The van der Waals surface area contributed by atoms with Gasteiger partial charge < -0.3 is 9.42 Å². The Bertz CT molecular complexity index is 574. The zero-order chi connectivity index (χ0) is 11.8. The number of aryl methyl sites for hydroxylation is 1. The summed E-state index contributed by atoms with van der Waals surface area (Å²) < 4.78 is 4.94. The summed E-state index contributed by atoms with van der Waals surface area (Å²) in [4.78, 5) is 14.0. The summed E-state index contributed by atoms with van der Waals surface area (Å²) in [5.41, 5.74) is 2.57. The van der Waals surface area contributed by atoms with Gasteiger partial charge in [0.1, 0.15) is 5.76 Å². The van der Waals surface area contributed by atoms with Crippen LogP contribution in [0, 0.1) is 6.92 Å². The fourth-order valence-corrected chi connectivity index (χ4v) is 2.15. The Morgan fingerprint density at radius 2 is 2.24 bits per heavy atom. The molecule has 17 heavy (non-hydrogen) atoms. The van der Waals surface area contributed by atoms with E-state index in [-0.39, 0.29) is 5.91 Å². The highest BCUT2D eigenvalue weighted by Crippen LogP contribution is 2.28. The predicted molar refractivity (Wildman–Crippen MR) is 63.1 cm³/mol. The molecular formula is C13H12N2O2. The van der Waals surface area contributed by atoms with Gasteiger partial charge in [-0.05, 0) is 25.0 Å². The van der Waals surface area contributed by atoms with Gasteiger partial charge in [0.05, 0.1) is 0 Å². The average Bonchev–Trinajstić information content (AvgIpc) is 2.94. The largest absolute Gasteiger partial charge is 0.361 e. The molecule has 1 aliphatic heterocycles. The van der Waals surface area contributed by atoms with E-state index >= 15 is 0 Å². The second-order valence-electron chi connectivity index (χ2n) is 4.16. The number of hydrogen-bond acceptors (Lipinski definition) is 3. The van der Waals surface area contributed by atoms with Gasteiger partial charge in [-0.1, -0.05) is 23.4 Å². The van der Waals surface area contributed by atoms with Crippen LogP contribution in [-0.4, -0.2) is 17.6 Å². The second kappa shape index (κ2) is 3.73. The van der Waals surface area contributed by atoms with Crippen LogP contribution in [-0.2, 0) is 6.42 Å². The highest BCUT2D eigenvalue weighted by molar-refractivity contribution is 6.05. The number of rotatable bonds is 1. The lowest BCUT2D eigenvalue weighted by molar-refractivity contribution is 0.0980. The van der Waals surface area contributed by atoms with Crippen LogP contribution >= 0.6 is 0 Å². The number of aromatic nitrogens is 1. The number of hydrogen-bond donors (Lipinski definition) is 0. The first kappa shape index (κ1) is 10.1. The van der Waals surface area contributed by atoms with Crippen LogP contribution in [0.25, 0.3) is 0 Å². The van der Waals surface area contributed by atoms with Crippen LogP contribution in [0.1, 0.15) is 21.8 Å². The molecule has 0 saturated carbocycles. The molecule has 2 heterocycles. The molecule has 1 amide bonds. The Morgan fingerprint density at radius 3 is 3.00 bits per heavy atom. The van der Waals surface area contributed by atoms with E-state index in [4.69, 9.17) is 4.52 Å². The van der Waals surface area contributed by atoms with E-state index in [1.54, 1.807) is 17.9 Å². The number of nitrogens with zero attached hydrogens (tertiary/aromatic N) is 2. The van der Waals surface area contributed by atoms with Crippen LogP contribution in [0.15, 0.2) is 34.9 Å².